The highest BCUT2D eigenvalue weighted by Gasteiger charge is 2.29. The van der Waals surface area contributed by atoms with Gasteiger partial charge in [0.25, 0.3) is 5.91 Å². The zero-order chi connectivity index (χ0) is 27.2. The first-order valence-corrected chi connectivity index (χ1v) is 13.6. The van der Waals surface area contributed by atoms with Gasteiger partial charge in [0.1, 0.15) is 12.4 Å². The van der Waals surface area contributed by atoms with Crippen LogP contribution in [0.5, 0.6) is 0 Å². The number of nitrogens with zero attached hydrogens (tertiary/aromatic N) is 5. The van der Waals surface area contributed by atoms with E-state index in [2.05, 4.69) is 34.2 Å². The van der Waals surface area contributed by atoms with Crippen molar-refractivity contribution < 1.29 is 18.7 Å². The number of ether oxygens (including phenoxy) is 1. The minimum absolute atomic E-state index is 0.0296. The number of hydrogen-bond acceptors (Lipinski definition) is 6. The van der Waals surface area contributed by atoms with Gasteiger partial charge < -0.3 is 19.4 Å². The largest absolute Gasteiger partial charge is 0.376 e. The van der Waals surface area contributed by atoms with Crippen molar-refractivity contribution in [1.29, 1.82) is 0 Å². The molecule has 2 aliphatic rings. The van der Waals surface area contributed by atoms with Crippen molar-refractivity contribution in [2.45, 2.75) is 32.3 Å². The number of rotatable bonds is 7. The number of benzene rings is 2. The van der Waals surface area contributed by atoms with Crippen LogP contribution in [0.15, 0.2) is 60.7 Å². The molecule has 0 unspecified atom stereocenters. The lowest BCUT2D eigenvalue weighted by atomic mass is 10.1. The summed E-state index contributed by atoms with van der Waals surface area (Å²) >= 11 is 0. The molecule has 2 fully saturated rings. The highest BCUT2D eigenvalue weighted by atomic mass is 19.1. The zero-order valence-corrected chi connectivity index (χ0v) is 22.3. The van der Waals surface area contributed by atoms with Crippen molar-refractivity contribution >= 4 is 17.6 Å². The van der Waals surface area contributed by atoms with Gasteiger partial charge in [0.2, 0.25) is 5.91 Å². The van der Waals surface area contributed by atoms with Gasteiger partial charge in [-0.1, -0.05) is 42.0 Å². The third kappa shape index (κ3) is 6.60. The Morgan fingerprint density at radius 3 is 2.51 bits per heavy atom. The first-order chi connectivity index (χ1) is 19.0. The second-order valence-electron chi connectivity index (χ2n) is 10.2. The Bertz CT molecular complexity index is 1280. The van der Waals surface area contributed by atoms with Gasteiger partial charge in [-0.2, -0.15) is 0 Å². The summed E-state index contributed by atoms with van der Waals surface area (Å²) < 4.78 is 20.1. The lowest BCUT2D eigenvalue weighted by Gasteiger charge is -2.28. The summed E-state index contributed by atoms with van der Waals surface area (Å²) in [5.74, 6) is -0.459. The van der Waals surface area contributed by atoms with Gasteiger partial charge in [-0.05, 0) is 50.5 Å². The van der Waals surface area contributed by atoms with Gasteiger partial charge in [0, 0.05) is 44.9 Å². The molecule has 0 bridgehead atoms. The highest BCUT2D eigenvalue weighted by Crippen LogP contribution is 2.21. The van der Waals surface area contributed by atoms with Crippen LogP contribution < -0.4 is 4.90 Å². The molecule has 5 rings (SSSR count). The molecular weight excluding hydrogens is 497 g/mol. The molecule has 9 heteroatoms. The van der Waals surface area contributed by atoms with Crippen LogP contribution in [0.1, 0.15) is 35.2 Å². The van der Waals surface area contributed by atoms with E-state index in [4.69, 9.17) is 4.74 Å². The van der Waals surface area contributed by atoms with Gasteiger partial charge in [-0.3, -0.25) is 9.59 Å². The molecular formula is C30H34FN5O3. The van der Waals surface area contributed by atoms with Gasteiger partial charge in [0.15, 0.2) is 5.82 Å². The van der Waals surface area contributed by atoms with E-state index in [0.29, 0.717) is 26.2 Å². The molecule has 1 atom stereocenters. The quantitative estimate of drug-likeness (QED) is 0.460. The molecule has 2 aliphatic heterocycles. The predicted octanol–water partition coefficient (Wildman–Crippen LogP) is 3.95. The summed E-state index contributed by atoms with van der Waals surface area (Å²) in [6.45, 7) is 5.27. The molecule has 8 nitrogen and oxygen atoms in total. The third-order valence-electron chi connectivity index (χ3n) is 7.34. The first-order valence-electron chi connectivity index (χ1n) is 13.6. The molecule has 0 spiro atoms. The van der Waals surface area contributed by atoms with E-state index < -0.39 is 11.7 Å². The van der Waals surface area contributed by atoms with Crippen LogP contribution in [-0.4, -0.2) is 83.8 Å². The standard InChI is InChI=1S/C30H34FN5O3/c1-22-9-11-23(12-10-22)27-13-14-28(33-32-27)34-15-5-16-35(18-17-34)29(37)21-36(20-24-6-4-19-39-24)30(38)25-7-2-3-8-26(25)31/h2-3,7-14,24H,4-6,15-21H2,1H3/t24-/m0/s1. The molecule has 204 valence electrons. The molecule has 3 aromatic rings. The Labute approximate surface area is 228 Å². The van der Waals surface area contributed by atoms with E-state index in [1.165, 1.54) is 22.6 Å². The summed E-state index contributed by atoms with van der Waals surface area (Å²) in [6, 6.07) is 18.0. The number of hydrogen-bond donors (Lipinski definition) is 0. The summed E-state index contributed by atoms with van der Waals surface area (Å²) in [6.07, 6.45) is 2.35. The number of carbonyl (C=O) groups excluding carboxylic acids is 2. The Hall–Kier alpha value is -3.85. The number of amides is 2. The molecule has 3 heterocycles. The normalized spacial score (nSPS) is 17.6. The SMILES string of the molecule is Cc1ccc(-c2ccc(N3CCCN(C(=O)CN(C[C@@H]4CCCO4)C(=O)c4ccccc4F)CC3)nn2)cc1. The van der Waals surface area contributed by atoms with Crippen molar-refractivity contribution in [3.8, 4) is 11.3 Å². The van der Waals surface area contributed by atoms with E-state index in [-0.39, 0.29) is 30.7 Å². The van der Waals surface area contributed by atoms with Gasteiger partial charge >= 0.3 is 0 Å². The number of anilines is 1. The molecule has 0 saturated carbocycles. The monoisotopic (exact) mass is 531 g/mol. The molecule has 2 saturated heterocycles. The average molecular weight is 532 g/mol. The van der Waals surface area contributed by atoms with Gasteiger partial charge in [-0.15, -0.1) is 10.2 Å². The lowest BCUT2D eigenvalue weighted by molar-refractivity contribution is -0.132. The number of aromatic nitrogens is 2. The molecule has 39 heavy (non-hydrogen) atoms. The summed E-state index contributed by atoms with van der Waals surface area (Å²) in [5, 5.41) is 8.88. The van der Waals surface area contributed by atoms with Crippen LogP contribution in [0.25, 0.3) is 11.3 Å². The van der Waals surface area contributed by atoms with Crippen LogP contribution in [0.3, 0.4) is 0 Å². The van der Waals surface area contributed by atoms with Crippen LogP contribution in [-0.2, 0) is 9.53 Å². The maximum Gasteiger partial charge on any atom is 0.257 e. The molecule has 2 amide bonds. The second-order valence-corrected chi connectivity index (χ2v) is 10.2. The van der Waals surface area contributed by atoms with Crippen molar-refractivity contribution in [3.05, 3.63) is 77.6 Å². The van der Waals surface area contributed by atoms with E-state index in [1.54, 1.807) is 17.0 Å². The Balaban J connectivity index is 1.22. The summed E-state index contributed by atoms with van der Waals surface area (Å²) in [7, 11) is 0. The van der Waals surface area contributed by atoms with Crippen LogP contribution >= 0.6 is 0 Å². The topological polar surface area (TPSA) is 78.9 Å². The maximum atomic E-state index is 14.4. The van der Waals surface area contributed by atoms with E-state index in [9.17, 15) is 14.0 Å². The smallest absolute Gasteiger partial charge is 0.257 e. The van der Waals surface area contributed by atoms with Crippen molar-refractivity contribution in [1.82, 2.24) is 20.0 Å². The first kappa shape index (κ1) is 26.7. The lowest BCUT2D eigenvalue weighted by Crippen LogP contribution is -2.46. The Morgan fingerprint density at radius 1 is 0.974 bits per heavy atom. The fraction of sp³-hybridized carbons (Fsp3) is 0.400. The second kappa shape index (κ2) is 12.3. The van der Waals surface area contributed by atoms with E-state index >= 15 is 0 Å². The molecule has 0 radical (unpaired) electrons. The summed E-state index contributed by atoms with van der Waals surface area (Å²) in [4.78, 5) is 32.0. The minimum atomic E-state index is -0.591. The van der Waals surface area contributed by atoms with Gasteiger partial charge in [0.05, 0.1) is 17.4 Å². The maximum absolute atomic E-state index is 14.4. The van der Waals surface area contributed by atoms with Crippen LogP contribution in [0.4, 0.5) is 10.2 Å². The fourth-order valence-electron chi connectivity index (χ4n) is 5.09. The molecule has 2 aromatic carbocycles. The zero-order valence-electron chi connectivity index (χ0n) is 22.3. The van der Waals surface area contributed by atoms with Crippen molar-refractivity contribution in [2.24, 2.45) is 0 Å². The van der Waals surface area contributed by atoms with Gasteiger partial charge in [-0.25, -0.2) is 4.39 Å². The van der Waals surface area contributed by atoms with Crippen molar-refractivity contribution in [2.75, 3.05) is 50.8 Å². The summed E-state index contributed by atoms with van der Waals surface area (Å²) in [5.41, 5.74) is 3.00. The molecule has 1 aromatic heterocycles. The number of halogens is 1. The Kier molecular flexibility index (Phi) is 8.46. The Morgan fingerprint density at radius 2 is 1.79 bits per heavy atom. The van der Waals surface area contributed by atoms with Crippen molar-refractivity contribution in [3.63, 3.8) is 0 Å². The minimum Gasteiger partial charge on any atom is -0.376 e. The van der Waals surface area contributed by atoms with Crippen LogP contribution in [0, 0.1) is 12.7 Å². The average Bonchev–Trinajstić information content (AvgIpc) is 3.34. The number of carbonyl (C=O) groups is 2. The highest BCUT2D eigenvalue weighted by molar-refractivity contribution is 5.96. The van der Waals surface area contributed by atoms with Crippen LogP contribution in [0.2, 0.25) is 0 Å². The van der Waals surface area contributed by atoms with E-state index in [0.717, 1.165) is 42.9 Å². The third-order valence-corrected chi connectivity index (χ3v) is 7.34. The number of aryl methyl sites for hydroxylation is 1. The molecule has 0 N–H and O–H groups in total. The van der Waals surface area contributed by atoms with E-state index in [1.807, 2.05) is 24.3 Å². The predicted molar refractivity (Wildman–Crippen MR) is 147 cm³/mol. The fourth-order valence-corrected chi connectivity index (χ4v) is 5.09. The molecule has 0 aliphatic carbocycles.